The molecular formula is C5H2NS. The third kappa shape index (κ3) is 0.787. The molecule has 1 radical (unpaired) electrons. The molecule has 0 atom stereocenters. The third-order valence-corrected chi connectivity index (χ3v) is 1.08. The van der Waals surface area contributed by atoms with Crippen molar-refractivity contribution in [2.24, 2.45) is 0 Å². The summed E-state index contributed by atoms with van der Waals surface area (Å²) in [6.45, 7) is 0. The summed E-state index contributed by atoms with van der Waals surface area (Å²) < 4.78 is 3.67. The minimum atomic E-state index is 0.741. The molecule has 0 aromatic carbocycles. The number of hydrogen-bond donors (Lipinski definition) is 0. The van der Waals surface area contributed by atoms with E-state index in [1.807, 2.05) is 0 Å². The molecule has 1 heterocycles. The van der Waals surface area contributed by atoms with Gasteiger partial charge in [0, 0.05) is 5.38 Å². The van der Waals surface area contributed by atoms with Gasteiger partial charge in [-0.2, -0.15) is 4.37 Å². The smallest absolute Gasteiger partial charge is 0.120 e. The summed E-state index contributed by atoms with van der Waals surface area (Å²) in [6.07, 6.45) is 7.60. The highest BCUT2D eigenvalue weighted by atomic mass is 32.1. The maximum Gasteiger partial charge on any atom is 0.120 e. The fourth-order valence-electron chi connectivity index (χ4n) is 0.247. The standard InChI is InChI=1S/C5H2NS/c1-2-5-3-6-7-4-5/h1,4H. The lowest BCUT2D eigenvalue weighted by Gasteiger charge is -1.63. The molecule has 7 heavy (non-hydrogen) atoms. The van der Waals surface area contributed by atoms with Crippen LogP contribution in [0.4, 0.5) is 0 Å². The summed E-state index contributed by atoms with van der Waals surface area (Å²) >= 11 is 1.32. The Labute approximate surface area is 46.2 Å². The number of nitrogens with zero attached hydrogens (tertiary/aromatic N) is 1. The van der Waals surface area contributed by atoms with Crippen LogP contribution in [0.3, 0.4) is 0 Å². The van der Waals surface area contributed by atoms with E-state index in [0.29, 0.717) is 0 Å². The van der Waals surface area contributed by atoms with Crippen molar-refractivity contribution < 1.29 is 0 Å². The average molecular weight is 108 g/mol. The van der Waals surface area contributed by atoms with Crippen LogP contribution in [-0.2, 0) is 0 Å². The van der Waals surface area contributed by atoms with E-state index in [9.17, 15) is 0 Å². The molecule has 0 aliphatic rings. The lowest BCUT2D eigenvalue weighted by molar-refractivity contribution is 1.53. The second-order valence-electron chi connectivity index (χ2n) is 0.984. The summed E-state index contributed by atoms with van der Waals surface area (Å²) in [6, 6.07) is 0. The molecule has 0 aliphatic heterocycles. The van der Waals surface area contributed by atoms with Crippen LogP contribution in [0.25, 0.3) is 0 Å². The second kappa shape index (κ2) is 1.76. The zero-order valence-corrected chi connectivity index (χ0v) is 4.33. The second-order valence-corrected chi connectivity index (χ2v) is 1.61. The van der Waals surface area contributed by atoms with Crippen LogP contribution in [0.1, 0.15) is 5.56 Å². The topological polar surface area (TPSA) is 12.9 Å². The van der Waals surface area contributed by atoms with E-state index in [1.54, 1.807) is 5.38 Å². The molecule has 1 aromatic heterocycles. The van der Waals surface area contributed by atoms with Crippen molar-refractivity contribution in [1.29, 1.82) is 0 Å². The molecule has 0 saturated heterocycles. The molecule has 0 fully saturated rings. The zero-order valence-electron chi connectivity index (χ0n) is 3.51. The van der Waals surface area contributed by atoms with Crippen molar-refractivity contribution in [2.45, 2.75) is 0 Å². The van der Waals surface area contributed by atoms with E-state index in [-0.39, 0.29) is 0 Å². The Bertz CT molecular complexity index is 170. The number of aromatic nitrogens is 1. The lowest BCUT2D eigenvalue weighted by Crippen LogP contribution is -1.57. The van der Waals surface area contributed by atoms with Crippen molar-refractivity contribution in [1.82, 2.24) is 4.37 Å². The largest absolute Gasteiger partial charge is 0.190 e. The highest BCUT2D eigenvalue weighted by molar-refractivity contribution is 7.03. The molecule has 1 aromatic rings. The summed E-state index contributed by atoms with van der Waals surface area (Å²) in [5, 5.41) is 1.78. The molecule has 1 rings (SSSR count). The van der Waals surface area contributed by atoms with Crippen molar-refractivity contribution in [3.8, 4) is 12.3 Å². The van der Waals surface area contributed by atoms with Crippen LogP contribution in [0.15, 0.2) is 5.38 Å². The first-order valence-corrected chi connectivity index (χ1v) is 2.56. The maximum absolute atomic E-state index is 4.98. The van der Waals surface area contributed by atoms with Gasteiger partial charge in [-0.3, -0.25) is 0 Å². The fraction of sp³-hybridized carbons (Fsp3) is 0. The van der Waals surface area contributed by atoms with Crippen molar-refractivity contribution >= 4 is 11.5 Å². The summed E-state index contributed by atoms with van der Waals surface area (Å²) in [4.78, 5) is 0. The predicted molar refractivity (Wildman–Crippen MR) is 28.9 cm³/mol. The molecule has 0 bridgehead atoms. The van der Waals surface area contributed by atoms with Crippen LogP contribution >= 0.6 is 11.5 Å². The van der Waals surface area contributed by atoms with Gasteiger partial charge < -0.3 is 0 Å². The van der Waals surface area contributed by atoms with Gasteiger partial charge in [0.05, 0.1) is 5.56 Å². The molecule has 0 aliphatic carbocycles. The Hall–Kier alpha value is -0.810. The Morgan fingerprint density at radius 3 is 3.14 bits per heavy atom. The molecular weight excluding hydrogens is 106 g/mol. The van der Waals surface area contributed by atoms with E-state index in [2.05, 4.69) is 16.5 Å². The zero-order chi connectivity index (χ0) is 5.11. The van der Waals surface area contributed by atoms with E-state index in [1.165, 1.54) is 11.5 Å². The normalized spacial score (nSPS) is 7.86. The third-order valence-electron chi connectivity index (χ3n) is 0.545. The SMILES string of the molecule is C#Cc1[c]nsc1. The summed E-state index contributed by atoms with van der Waals surface area (Å²) in [5.41, 5.74) is 0.741. The molecule has 33 valence electrons. The van der Waals surface area contributed by atoms with Crippen LogP contribution in [0.5, 0.6) is 0 Å². The highest BCUT2D eigenvalue weighted by Crippen LogP contribution is 1.95. The van der Waals surface area contributed by atoms with Gasteiger partial charge in [0.25, 0.3) is 0 Å². The van der Waals surface area contributed by atoms with Gasteiger partial charge >= 0.3 is 0 Å². The Kier molecular flexibility index (Phi) is 1.10. The molecule has 0 amide bonds. The number of hydrogen-bond acceptors (Lipinski definition) is 2. The quantitative estimate of drug-likeness (QED) is 0.450. The van der Waals surface area contributed by atoms with Gasteiger partial charge in [0.2, 0.25) is 0 Å². The average Bonchev–Trinajstić information content (AvgIpc) is 2.14. The van der Waals surface area contributed by atoms with Gasteiger partial charge in [-0.05, 0) is 11.5 Å². The first-order chi connectivity index (χ1) is 3.43. The van der Waals surface area contributed by atoms with E-state index in [0.717, 1.165) is 5.56 Å². The number of rotatable bonds is 0. The van der Waals surface area contributed by atoms with Crippen LogP contribution in [0.2, 0.25) is 0 Å². The van der Waals surface area contributed by atoms with Gasteiger partial charge in [-0.25, -0.2) is 0 Å². The van der Waals surface area contributed by atoms with Gasteiger partial charge in [0.1, 0.15) is 6.20 Å². The molecule has 0 spiro atoms. The molecule has 0 unspecified atom stereocenters. The van der Waals surface area contributed by atoms with Crippen LogP contribution in [-0.4, -0.2) is 4.37 Å². The van der Waals surface area contributed by atoms with Crippen molar-refractivity contribution in [3.05, 3.63) is 17.1 Å². The molecule has 2 heteroatoms. The van der Waals surface area contributed by atoms with E-state index < -0.39 is 0 Å². The summed E-state index contributed by atoms with van der Waals surface area (Å²) in [5.74, 6) is 2.40. The monoisotopic (exact) mass is 108 g/mol. The first kappa shape index (κ1) is 4.35. The Balaban J connectivity index is 3.04. The Morgan fingerprint density at radius 2 is 2.86 bits per heavy atom. The maximum atomic E-state index is 4.98. The van der Waals surface area contributed by atoms with Crippen molar-refractivity contribution in [3.63, 3.8) is 0 Å². The summed E-state index contributed by atoms with van der Waals surface area (Å²) in [7, 11) is 0. The van der Waals surface area contributed by atoms with Crippen molar-refractivity contribution in [2.75, 3.05) is 0 Å². The minimum absolute atomic E-state index is 0.741. The predicted octanol–water partition coefficient (Wildman–Crippen LogP) is 0.925. The minimum Gasteiger partial charge on any atom is -0.190 e. The highest BCUT2D eigenvalue weighted by Gasteiger charge is 1.82. The van der Waals surface area contributed by atoms with Gasteiger partial charge in [-0.1, -0.05) is 5.92 Å². The Morgan fingerprint density at radius 1 is 2.00 bits per heavy atom. The van der Waals surface area contributed by atoms with Crippen LogP contribution < -0.4 is 0 Å². The molecule has 0 N–H and O–H groups in total. The van der Waals surface area contributed by atoms with Gasteiger partial charge in [0.15, 0.2) is 0 Å². The lowest BCUT2D eigenvalue weighted by atomic mass is 10.4. The fourth-order valence-corrected chi connectivity index (χ4v) is 0.677. The molecule has 1 nitrogen and oxygen atoms in total. The van der Waals surface area contributed by atoms with E-state index in [4.69, 9.17) is 6.42 Å². The van der Waals surface area contributed by atoms with Gasteiger partial charge in [-0.15, -0.1) is 6.42 Å². The number of terminal acetylenes is 1. The first-order valence-electron chi connectivity index (χ1n) is 1.72. The van der Waals surface area contributed by atoms with E-state index >= 15 is 0 Å². The molecule has 0 saturated carbocycles. The van der Waals surface area contributed by atoms with Crippen LogP contribution in [0, 0.1) is 18.5 Å².